The molecule has 2 heterocycles. The van der Waals surface area contributed by atoms with Crippen LogP contribution in [0.4, 0.5) is 11.5 Å². The Bertz CT molecular complexity index is 932. The van der Waals surface area contributed by atoms with Crippen LogP contribution in [-0.2, 0) is 4.74 Å². The summed E-state index contributed by atoms with van der Waals surface area (Å²) in [5.41, 5.74) is 2.35. The van der Waals surface area contributed by atoms with Crippen LogP contribution < -0.4 is 16.0 Å². The third kappa shape index (κ3) is 5.93. The molecular formula is C24H33N7O. The van der Waals surface area contributed by atoms with Crippen LogP contribution in [0.3, 0.4) is 0 Å². The molecule has 2 saturated carbocycles. The molecule has 8 nitrogen and oxygen atoms in total. The summed E-state index contributed by atoms with van der Waals surface area (Å²) in [7, 11) is 1.75. The van der Waals surface area contributed by atoms with Crippen molar-refractivity contribution in [2.24, 2.45) is 5.41 Å². The number of pyridine rings is 1. The highest BCUT2D eigenvalue weighted by molar-refractivity contribution is 5.63. The second-order valence-electron chi connectivity index (χ2n) is 9.18. The molecule has 0 aromatic carbocycles. The monoisotopic (exact) mass is 435 g/mol. The normalized spacial score (nSPS) is 22.5. The molecule has 2 aromatic heterocycles. The number of aromatic nitrogens is 3. The Hall–Kier alpha value is -2.76. The molecule has 2 aliphatic carbocycles. The molecular weight excluding hydrogens is 402 g/mol. The van der Waals surface area contributed by atoms with Crippen molar-refractivity contribution >= 4 is 11.5 Å². The zero-order chi connectivity index (χ0) is 22.4. The van der Waals surface area contributed by atoms with Gasteiger partial charge in [0.05, 0.1) is 29.5 Å². The molecule has 170 valence electrons. The fourth-order valence-electron chi connectivity index (χ4n) is 4.32. The van der Waals surface area contributed by atoms with E-state index in [9.17, 15) is 5.26 Å². The largest absolute Gasteiger partial charge is 0.383 e. The van der Waals surface area contributed by atoms with Gasteiger partial charge in [0.25, 0.3) is 0 Å². The van der Waals surface area contributed by atoms with Gasteiger partial charge in [0, 0.05) is 49.7 Å². The topological polar surface area (TPSA) is 108 Å². The Labute approximate surface area is 190 Å². The first-order valence-electron chi connectivity index (χ1n) is 11.5. The fraction of sp³-hybridized carbons (Fsp3) is 0.583. The lowest BCUT2D eigenvalue weighted by atomic mass is 9.90. The van der Waals surface area contributed by atoms with E-state index in [-0.39, 0.29) is 5.41 Å². The lowest BCUT2D eigenvalue weighted by molar-refractivity contribution is 0.161. The summed E-state index contributed by atoms with van der Waals surface area (Å²) in [6.07, 6.45) is 9.81. The predicted octanol–water partition coefficient (Wildman–Crippen LogP) is 3.60. The van der Waals surface area contributed by atoms with Gasteiger partial charge in [-0.1, -0.05) is 0 Å². The maximum absolute atomic E-state index is 9.27. The van der Waals surface area contributed by atoms with E-state index in [2.05, 4.69) is 43.9 Å². The third-order valence-corrected chi connectivity index (χ3v) is 6.43. The van der Waals surface area contributed by atoms with E-state index in [0.717, 1.165) is 68.0 Å². The van der Waals surface area contributed by atoms with Crippen LogP contribution in [0, 0.1) is 16.7 Å². The number of ether oxygens (including phenoxy) is 1. The van der Waals surface area contributed by atoms with Gasteiger partial charge in [-0.3, -0.25) is 4.98 Å². The van der Waals surface area contributed by atoms with Crippen molar-refractivity contribution in [3.05, 3.63) is 30.7 Å². The maximum Gasteiger partial charge on any atom is 0.130 e. The highest BCUT2D eigenvalue weighted by Gasteiger charge is 2.42. The summed E-state index contributed by atoms with van der Waals surface area (Å²) in [5, 5.41) is 19.9. The first kappa shape index (κ1) is 22.4. The van der Waals surface area contributed by atoms with Crippen molar-refractivity contribution < 1.29 is 4.74 Å². The minimum Gasteiger partial charge on any atom is -0.383 e. The van der Waals surface area contributed by atoms with Gasteiger partial charge < -0.3 is 20.7 Å². The van der Waals surface area contributed by atoms with Gasteiger partial charge in [-0.2, -0.15) is 5.26 Å². The van der Waals surface area contributed by atoms with E-state index in [1.807, 2.05) is 18.2 Å². The zero-order valence-corrected chi connectivity index (χ0v) is 19.0. The van der Waals surface area contributed by atoms with Gasteiger partial charge in [0.2, 0.25) is 0 Å². The Morgan fingerprint density at radius 3 is 2.59 bits per heavy atom. The highest BCUT2D eigenvalue weighted by atomic mass is 16.5. The van der Waals surface area contributed by atoms with E-state index >= 15 is 0 Å². The highest BCUT2D eigenvalue weighted by Crippen LogP contribution is 2.44. The van der Waals surface area contributed by atoms with Gasteiger partial charge >= 0.3 is 0 Å². The van der Waals surface area contributed by atoms with Crippen LogP contribution in [0.5, 0.6) is 0 Å². The van der Waals surface area contributed by atoms with Crippen LogP contribution >= 0.6 is 0 Å². The number of nitrogens with zero attached hydrogens (tertiary/aromatic N) is 4. The van der Waals surface area contributed by atoms with Crippen molar-refractivity contribution in [1.29, 1.82) is 5.26 Å². The molecule has 32 heavy (non-hydrogen) atoms. The molecule has 0 amide bonds. The van der Waals surface area contributed by atoms with Crippen molar-refractivity contribution in [2.45, 2.75) is 63.6 Å². The third-order valence-electron chi connectivity index (χ3n) is 6.43. The molecule has 0 radical (unpaired) electrons. The molecule has 0 aliphatic heterocycles. The van der Waals surface area contributed by atoms with E-state index in [0.29, 0.717) is 24.7 Å². The zero-order valence-electron chi connectivity index (χ0n) is 19.0. The predicted molar refractivity (Wildman–Crippen MR) is 125 cm³/mol. The number of rotatable bonds is 10. The molecule has 1 atom stereocenters. The van der Waals surface area contributed by atoms with Gasteiger partial charge in [0.15, 0.2) is 0 Å². The molecule has 3 N–H and O–H groups in total. The number of anilines is 2. The number of nitriles is 1. The van der Waals surface area contributed by atoms with E-state index in [4.69, 9.17) is 4.74 Å². The smallest absolute Gasteiger partial charge is 0.130 e. The molecule has 8 heteroatoms. The molecule has 2 aromatic rings. The van der Waals surface area contributed by atoms with Crippen molar-refractivity contribution in [3.63, 3.8) is 0 Å². The number of nitrogens with one attached hydrogen (secondary N) is 3. The minimum absolute atomic E-state index is 0.189. The van der Waals surface area contributed by atoms with Gasteiger partial charge in [-0.25, -0.2) is 9.97 Å². The summed E-state index contributed by atoms with van der Waals surface area (Å²) in [6, 6.07) is 9.64. The van der Waals surface area contributed by atoms with Gasteiger partial charge in [-0.15, -0.1) is 0 Å². The molecule has 2 aliphatic rings. The van der Waals surface area contributed by atoms with Gasteiger partial charge in [0.1, 0.15) is 12.1 Å². The summed E-state index contributed by atoms with van der Waals surface area (Å²) >= 11 is 0. The summed E-state index contributed by atoms with van der Waals surface area (Å²) < 4.78 is 5.23. The molecule has 0 saturated heterocycles. The van der Waals surface area contributed by atoms with Crippen molar-refractivity contribution in [1.82, 2.24) is 20.3 Å². The number of hydrogen-bond donors (Lipinski definition) is 3. The Morgan fingerprint density at radius 1 is 1.12 bits per heavy atom. The van der Waals surface area contributed by atoms with Gasteiger partial charge in [-0.05, 0) is 57.6 Å². The molecule has 2 fully saturated rings. The average Bonchev–Trinajstić information content (AvgIpc) is 3.60. The lowest BCUT2D eigenvalue weighted by Crippen LogP contribution is -2.42. The second kappa shape index (κ2) is 10.2. The maximum atomic E-state index is 9.27. The molecule has 4 rings (SSSR count). The first-order valence-corrected chi connectivity index (χ1v) is 11.5. The van der Waals surface area contributed by atoms with E-state index in [1.54, 1.807) is 19.6 Å². The summed E-state index contributed by atoms with van der Waals surface area (Å²) in [6.45, 7) is 3.58. The fourth-order valence-corrected chi connectivity index (χ4v) is 4.32. The Balaban J connectivity index is 1.32. The Kier molecular flexibility index (Phi) is 7.18. The van der Waals surface area contributed by atoms with Crippen molar-refractivity contribution in [3.8, 4) is 17.5 Å². The molecule has 0 spiro atoms. The molecule has 0 bridgehead atoms. The van der Waals surface area contributed by atoms with E-state index in [1.165, 1.54) is 0 Å². The SMILES string of the molecule is COC[C@@H](C)NC1CCC(Nc2cc(-c3cc(NCC4(C#N)CC4)ccn3)ncn2)CC1. The number of methoxy groups -OCH3 is 1. The quantitative estimate of drug-likeness (QED) is 0.520. The lowest BCUT2D eigenvalue weighted by Gasteiger charge is -2.31. The van der Waals surface area contributed by atoms with Crippen LogP contribution in [0.15, 0.2) is 30.7 Å². The van der Waals surface area contributed by atoms with Crippen LogP contribution in [0.2, 0.25) is 0 Å². The van der Waals surface area contributed by atoms with Crippen LogP contribution in [0.25, 0.3) is 11.4 Å². The molecule has 0 unspecified atom stereocenters. The van der Waals surface area contributed by atoms with E-state index < -0.39 is 0 Å². The van der Waals surface area contributed by atoms with Crippen LogP contribution in [0.1, 0.15) is 45.4 Å². The number of hydrogen-bond acceptors (Lipinski definition) is 8. The Morgan fingerprint density at radius 2 is 1.88 bits per heavy atom. The van der Waals surface area contributed by atoms with Crippen LogP contribution in [-0.4, -0.2) is 53.3 Å². The minimum atomic E-state index is -0.189. The first-order chi connectivity index (χ1) is 15.6. The standard InChI is InChI=1S/C24H33N7O/c1-17(13-32-2)30-18-3-5-19(6-4-18)31-23-12-22(28-16-29-23)21-11-20(7-10-26-21)27-15-24(14-25)8-9-24/h7,10-12,16-19,30H,3-6,8-9,13,15H2,1-2H3,(H,26,27)(H,28,29,31)/t17-,18?,19?/m1/s1. The summed E-state index contributed by atoms with van der Waals surface area (Å²) in [5.74, 6) is 0.834. The van der Waals surface area contributed by atoms with Crippen molar-refractivity contribution in [2.75, 3.05) is 30.9 Å². The second-order valence-corrected chi connectivity index (χ2v) is 9.18. The average molecular weight is 436 g/mol. The summed E-state index contributed by atoms with van der Waals surface area (Å²) in [4.78, 5) is 13.3.